The number of nitrogens with one attached hydrogen (secondary N) is 3. The van der Waals surface area contributed by atoms with Crippen molar-refractivity contribution in [3.8, 4) is 0 Å². The average molecular weight is 542 g/mol. The summed E-state index contributed by atoms with van der Waals surface area (Å²) in [6.45, 7) is 4.72. The van der Waals surface area contributed by atoms with E-state index < -0.39 is 69.2 Å². The van der Waals surface area contributed by atoms with E-state index >= 15 is 0 Å². The number of aryl methyl sites for hydroxylation is 2. The van der Waals surface area contributed by atoms with Crippen molar-refractivity contribution < 1.29 is 23.0 Å². The van der Waals surface area contributed by atoms with E-state index in [1.54, 1.807) is 6.92 Å². The number of hydrogen-bond donors (Lipinski definition) is 4. The van der Waals surface area contributed by atoms with Crippen LogP contribution in [0.25, 0.3) is 0 Å². The zero-order chi connectivity index (χ0) is 27.1. The van der Waals surface area contributed by atoms with Crippen LogP contribution in [0.4, 0.5) is 0 Å². The molecule has 0 saturated carbocycles. The minimum absolute atomic E-state index is 0.0428. The molecule has 4 N–H and O–H groups in total. The van der Waals surface area contributed by atoms with Crippen LogP contribution in [0.3, 0.4) is 0 Å². The van der Waals surface area contributed by atoms with Gasteiger partial charge in [-0.3, -0.25) is 28.7 Å². The Morgan fingerprint density at radius 1 is 0.946 bits per heavy atom. The number of aromatic amines is 2. The van der Waals surface area contributed by atoms with E-state index in [1.165, 1.54) is 23.9 Å². The van der Waals surface area contributed by atoms with Gasteiger partial charge in [0.05, 0.1) is 24.1 Å². The zero-order valence-corrected chi connectivity index (χ0v) is 21.5. The summed E-state index contributed by atoms with van der Waals surface area (Å²) in [5, 5.41) is 10.4. The van der Waals surface area contributed by atoms with Crippen molar-refractivity contribution >= 4 is 10.0 Å². The van der Waals surface area contributed by atoms with Gasteiger partial charge in [-0.25, -0.2) is 22.7 Å². The molecule has 2 saturated heterocycles. The minimum Gasteiger partial charge on any atom is -0.390 e. The second-order valence-electron chi connectivity index (χ2n) is 9.55. The molecule has 204 valence electrons. The lowest BCUT2D eigenvalue weighted by molar-refractivity contribution is -0.0169. The van der Waals surface area contributed by atoms with Gasteiger partial charge in [-0.1, -0.05) is 6.92 Å². The van der Waals surface area contributed by atoms with Crippen LogP contribution in [-0.2, 0) is 19.5 Å². The van der Waals surface area contributed by atoms with Crippen molar-refractivity contribution in [2.45, 2.75) is 70.8 Å². The zero-order valence-electron chi connectivity index (χ0n) is 20.7. The lowest BCUT2D eigenvalue weighted by atomic mass is 10.0. The monoisotopic (exact) mass is 541 g/mol. The SMILES string of the molecule is CC[C@H]1O[C@@H](n2cc(C)c(=O)[nH]c2=O)C[C@@H]1CS(=O)(=O)NC[C@H]1O[C@@H](n2cc(C)c(=O)[nH]c2=O)C[C@@H]1O. The Morgan fingerprint density at radius 3 is 2.00 bits per heavy atom. The summed E-state index contributed by atoms with van der Waals surface area (Å²) in [6.07, 6.45) is -0.388. The fourth-order valence-electron chi connectivity index (χ4n) is 4.78. The van der Waals surface area contributed by atoms with Gasteiger partial charge in [0.1, 0.15) is 12.5 Å². The van der Waals surface area contributed by atoms with E-state index in [0.29, 0.717) is 17.5 Å². The Kier molecular flexibility index (Phi) is 7.71. The van der Waals surface area contributed by atoms with Crippen molar-refractivity contribution in [2.24, 2.45) is 5.92 Å². The van der Waals surface area contributed by atoms with E-state index in [-0.39, 0.29) is 25.1 Å². The Hall–Kier alpha value is -2.85. The molecule has 0 bridgehead atoms. The van der Waals surface area contributed by atoms with Gasteiger partial charge >= 0.3 is 11.4 Å². The number of hydrogen-bond acceptors (Lipinski definition) is 9. The molecular weight excluding hydrogens is 510 g/mol. The third kappa shape index (κ3) is 5.85. The summed E-state index contributed by atoms with van der Waals surface area (Å²) in [5.41, 5.74) is -1.70. The van der Waals surface area contributed by atoms with Crippen LogP contribution in [0.5, 0.6) is 0 Å². The molecule has 0 radical (unpaired) electrons. The summed E-state index contributed by atoms with van der Waals surface area (Å²) in [4.78, 5) is 52.1. The summed E-state index contributed by atoms with van der Waals surface area (Å²) < 4.78 is 42.3. The molecule has 0 aliphatic carbocycles. The summed E-state index contributed by atoms with van der Waals surface area (Å²) >= 11 is 0. The molecule has 0 spiro atoms. The predicted molar refractivity (Wildman–Crippen MR) is 131 cm³/mol. The van der Waals surface area contributed by atoms with Gasteiger partial charge in [0, 0.05) is 42.4 Å². The van der Waals surface area contributed by atoms with Gasteiger partial charge < -0.3 is 14.6 Å². The molecule has 0 amide bonds. The average Bonchev–Trinajstić information content (AvgIpc) is 3.39. The van der Waals surface area contributed by atoms with E-state index in [9.17, 15) is 32.7 Å². The number of nitrogens with zero attached hydrogens (tertiary/aromatic N) is 2. The maximum Gasteiger partial charge on any atom is 0.330 e. The van der Waals surface area contributed by atoms with Gasteiger partial charge in [-0.05, 0) is 26.7 Å². The first-order valence-electron chi connectivity index (χ1n) is 12.0. The second-order valence-corrected chi connectivity index (χ2v) is 11.4. The molecule has 2 aromatic heterocycles. The molecule has 37 heavy (non-hydrogen) atoms. The molecule has 14 nitrogen and oxygen atoms in total. The lowest BCUT2D eigenvalue weighted by Crippen LogP contribution is -2.40. The third-order valence-corrected chi connectivity index (χ3v) is 8.29. The van der Waals surface area contributed by atoms with E-state index in [0.717, 1.165) is 4.57 Å². The summed E-state index contributed by atoms with van der Waals surface area (Å²) in [6, 6.07) is 0. The first kappa shape index (κ1) is 27.2. The molecule has 4 rings (SSSR count). The normalized spacial score (nSPS) is 28.1. The van der Waals surface area contributed by atoms with Crippen molar-refractivity contribution in [1.29, 1.82) is 0 Å². The molecular formula is C22H31N5O9S. The van der Waals surface area contributed by atoms with Gasteiger partial charge in [0.2, 0.25) is 10.0 Å². The number of H-pyrrole nitrogens is 2. The topological polar surface area (TPSA) is 195 Å². The fourth-order valence-corrected chi connectivity index (χ4v) is 6.23. The number of aromatic nitrogens is 4. The maximum absolute atomic E-state index is 12.9. The summed E-state index contributed by atoms with van der Waals surface area (Å²) in [5.74, 6) is -0.694. The highest BCUT2D eigenvalue weighted by atomic mass is 32.2. The Labute approximate surface area is 211 Å². The quantitative estimate of drug-likeness (QED) is 0.310. The Balaban J connectivity index is 1.39. The Bertz CT molecular complexity index is 1490. The highest BCUT2D eigenvalue weighted by Gasteiger charge is 2.40. The molecule has 0 aromatic carbocycles. The van der Waals surface area contributed by atoms with Crippen LogP contribution >= 0.6 is 0 Å². The molecule has 2 aliphatic rings. The van der Waals surface area contributed by atoms with Crippen LogP contribution in [0.15, 0.2) is 31.6 Å². The minimum atomic E-state index is -3.83. The fraction of sp³-hybridized carbons (Fsp3) is 0.636. The molecule has 4 heterocycles. The Morgan fingerprint density at radius 2 is 1.46 bits per heavy atom. The van der Waals surface area contributed by atoms with Crippen molar-refractivity contribution in [1.82, 2.24) is 23.8 Å². The van der Waals surface area contributed by atoms with E-state index in [2.05, 4.69) is 14.7 Å². The highest BCUT2D eigenvalue weighted by Crippen LogP contribution is 2.35. The van der Waals surface area contributed by atoms with E-state index in [4.69, 9.17) is 9.47 Å². The predicted octanol–water partition coefficient (Wildman–Crippen LogP) is -1.41. The van der Waals surface area contributed by atoms with E-state index in [1.807, 2.05) is 6.92 Å². The van der Waals surface area contributed by atoms with Crippen LogP contribution in [-0.4, -0.2) is 63.2 Å². The molecule has 15 heteroatoms. The number of aliphatic hydroxyl groups is 1. The van der Waals surface area contributed by atoms with Crippen molar-refractivity contribution in [2.75, 3.05) is 12.3 Å². The number of rotatable bonds is 8. The molecule has 6 atom stereocenters. The molecule has 2 aromatic rings. The van der Waals surface area contributed by atoms with Crippen LogP contribution < -0.4 is 27.2 Å². The third-order valence-electron chi connectivity index (χ3n) is 6.82. The second kappa shape index (κ2) is 10.5. The number of aliphatic hydroxyl groups excluding tert-OH is 1. The largest absolute Gasteiger partial charge is 0.390 e. The maximum atomic E-state index is 12.9. The van der Waals surface area contributed by atoms with Gasteiger partial charge in [-0.2, -0.15) is 0 Å². The van der Waals surface area contributed by atoms with Gasteiger partial charge in [0.25, 0.3) is 11.1 Å². The molecule has 0 unspecified atom stereocenters. The number of ether oxygens (including phenoxy) is 2. The van der Waals surface area contributed by atoms with Crippen LogP contribution in [0, 0.1) is 19.8 Å². The van der Waals surface area contributed by atoms with Crippen molar-refractivity contribution in [3.63, 3.8) is 0 Å². The van der Waals surface area contributed by atoms with Gasteiger partial charge in [-0.15, -0.1) is 0 Å². The van der Waals surface area contributed by atoms with Crippen LogP contribution in [0.2, 0.25) is 0 Å². The first-order chi connectivity index (χ1) is 17.4. The highest BCUT2D eigenvalue weighted by molar-refractivity contribution is 7.89. The van der Waals surface area contributed by atoms with Gasteiger partial charge in [0.15, 0.2) is 0 Å². The standard InChI is InChI=1S/C22H31N5O9S/c1-4-15-13(5-17(35-15)26-8-11(2)19(29)24-21(26)31)10-37(33,34)23-7-16-14(28)6-18(36-16)27-9-12(3)20(30)25-22(27)32/h8-9,13-18,23,28H,4-7,10H2,1-3H3,(H,24,29,31)(H,25,30,32)/t13-,14+,15-,16-,17-,18-/m1/s1. The molecule has 2 fully saturated rings. The molecule has 2 aliphatic heterocycles. The van der Waals surface area contributed by atoms with Crippen molar-refractivity contribution in [3.05, 3.63) is 65.2 Å². The first-order valence-corrected chi connectivity index (χ1v) is 13.6. The van der Waals surface area contributed by atoms with Crippen LogP contribution in [0.1, 0.15) is 49.8 Å². The number of sulfonamides is 1. The smallest absolute Gasteiger partial charge is 0.330 e. The summed E-state index contributed by atoms with van der Waals surface area (Å²) in [7, 11) is -3.83. The lowest BCUT2D eigenvalue weighted by Gasteiger charge is -2.19.